The second kappa shape index (κ2) is 15.5. The van der Waals surface area contributed by atoms with Crippen molar-refractivity contribution in [2.45, 2.75) is 64.6 Å². The Morgan fingerprint density at radius 3 is 2.25 bits per heavy atom. The number of aromatic hydroxyl groups is 1. The molecule has 0 aromatic heterocycles. The van der Waals surface area contributed by atoms with Crippen LogP contribution in [-0.2, 0) is 20.7 Å². The molecular formula is C35H41N3O6. The number of phenols is 1. The molecule has 0 bridgehead atoms. The molecule has 0 radical (unpaired) electrons. The number of hydrogen-bond acceptors (Lipinski definition) is 6. The molecule has 0 aliphatic carbocycles. The molecule has 3 amide bonds. The Morgan fingerprint density at radius 1 is 1.00 bits per heavy atom. The number of methoxy groups -OCH3 is 1. The van der Waals surface area contributed by atoms with Crippen LogP contribution in [0, 0.1) is 12.3 Å². The molecule has 3 aromatic rings. The molecule has 0 fully saturated rings. The van der Waals surface area contributed by atoms with Crippen LogP contribution in [0.3, 0.4) is 0 Å². The smallest absolute Gasteiger partial charge is 0.408 e. The highest BCUT2D eigenvalue weighted by molar-refractivity contribution is 5.99. The van der Waals surface area contributed by atoms with Crippen LogP contribution in [0.15, 0.2) is 72.8 Å². The van der Waals surface area contributed by atoms with Gasteiger partial charge in [0, 0.05) is 24.2 Å². The summed E-state index contributed by atoms with van der Waals surface area (Å²) in [4.78, 5) is 43.1. The van der Waals surface area contributed by atoms with Crippen molar-refractivity contribution in [1.29, 1.82) is 0 Å². The number of benzene rings is 3. The lowest BCUT2D eigenvalue weighted by Gasteiger charge is -2.35. The first kappa shape index (κ1) is 33.5. The molecule has 9 heteroatoms. The first-order valence-corrected chi connectivity index (χ1v) is 14.5. The predicted molar refractivity (Wildman–Crippen MR) is 170 cm³/mol. The summed E-state index contributed by atoms with van der Waals surface area (Å²) < 4.78 is 10.7. The van der Waals surface area contributed by atoms with Crippen molar-refractivity contribution in [3.8, 4) is 23.8 Å². The molecule has 0 saturated carbocycles. The number of unbranched alkanes of at least 4 members (excludes halogenated alkanes) is 1. The molecule has 3 aromatic carbocycles. The number of alkyl carbamates (subject to hydrolysis) is 1. The summed E-state index contributed by atoms with van der Waals surface area (Å²) in [6, 6.07) is 18.0. The average molecular weight is 600 g/mol. The Bertz CT molecular complexity index is 1460. The molecule has 0 spiro atoms. The summed E-state index contributed by atoms with van der Waals surface area (Å²) in [6.07, 6.45) is 6.51. The van der Waals surface area contributed by atoms with Gasteiger partial charge in [0.1, 0.15) is 29.2 Å². The summed E-state index contributed by atoms with van der Waals surface area (Å²) in [5, 5.41) is 15.4. The second-order valence-electron chi connectivity index (χ2n) is 11.3. The van der Waals surface area contributed by atoms with E-state index in [1.807, 2.05) is 6.92 Å². The van der Waals surface area contributed by atoms with Crippen LogP contribution in [0.1, 0.15) is 63.3 Å². The Morgan fingerprint density at radius 2 is 1.66 bits per heavy atom. The van der Waals surface area contributed by atoms with Crippen molar-refractivity contribution >= 4 is 23.6 Å². The Labute approximate surface area is 259 Å². The van der Waals surface area contributed by atoms with Crippen LogP contribution in [0.2, 0.25) is 0 Å². The van der Waals surface area contributed by atoms with Gasteiger partial charge in [-0.15, -0.1) is 6.42 Å². The van der Waals surface area contributed by atoms with E-state index in [9.17, 15) is 19.5 Å². The fraction of sp³-hybridized carbons (Fsp3) is 0.343. The highest BCUT2D eigenvalue weighted by atomic mass is 16.6. The van der Waals surface area contributed by atoms with Crippen LogP contribution >= 0.6 is 0 Å². The van der Waals surface area contributed by atoms with Crippen molar-refractivity contribution in [3.63, 3.8) is 0 Å². The Hall–Kier alpha value is -4.97. The van der Waals surface area contributed by atoms with Crippen LogP contribution < -0.4 is 15.4 Å². The first-order chi connectivity index (χ1) is 20.9. The first-order valence-electron chi connectivity index (χ1n) is 14.5. The van der Waals surface area contributed by atoms with E-state index in [2.05, 4.69) is 16.6 Å². The van der Waals surface area contributed by atoms with Gasteiger partial charge >= 0.3 is 6.09 Å². The fourth-order valence-electron chi connectivity index (χ4n) is 4.62. The number of nitrogens with one attached hydrogen (secondary N) is 2. The molecule has 0 heterocycles. The van der Waals surface area contributed by atoms with Crippen molar-refractivity contribution in [1.82, 2.24) is 10.2 Å². The van der Waals surface area contributed by atoms with Gasteiger partial charge in [0.15, 0.2) is 0 Å². The number of terminal acetylenes is 1. The zero-order chi connectivity index (χ0) is 32.3. The SMILES string of the molecule is C#Cc1ccccc1C(C(=O)Nc1ccc(OC)cc1)N(CCCC)C(=O)C(Cc1ccc(O)cc1)NC(=O)OC(C)(C)C. The minimum atomic E-state index is -1.12. The van der Waals surface area contributed by atoms with Gasteiger partial charge in [0.25, 0.3) is 5.91 Å². The van der Waals surface area contributed by atoms with Crippen molar-refractivity contribution in [3.05, 3.63) is 89.5 Å². The van der Waals surface area contributed by atoms with E-state index in [0.717, 1.165) is 6.42 Å². The monoisotopic (exact) mass is 599 g/mol. The molecule has 2 unspecified atom stereocenters. The van der Waals surface area contributed by atoms with Gasteiger partial charge in [-0.2, -0.15) is 0 Å². The number of phenolic OH excluding ortho intramolecular Hbond substituents is 1. The fourth-order valence-corrected chi connectivity index (χ4v) is 4.62. The Kier molecular flexibility index (Phi) is 11.8. The minimum absolute atomic E-state index is 0.0717. The number of rotatable bonds is 12. The largest absolute Gasteiger partial charge is 0.508 e. The normalized spacial score (nSPS) is 12.3. The number of amides is 3. The van der Waals surface area contributed by atoms with Crippen LogP contribution in [-0.4, -0.2) is 53.2 Å². The van der Waals surface area contributed by atoms with E-state index in [0.29, 0.717) is 34.5 Å². The van der Waals surface area contributed by atoms with Crippen LogP contribution in [0.5, 0.6) is 11.5 Å². The Balaban J connectivity index is 2.09. The van der Waals surface area contributed by atoms with Gasteiger partial charge in [-0.25, -0.2) is 4.79 Å². The number of hydrogen-bond donors (Lipinski definition) is 3. The molecule has 0 aliphatic heterocycles. The number of carbonyl (C=O) groups excluding carboxylic acids is 3. The predicted octanol–water partition coefficient (Wildman–Crippen LogP) is 5.83. The van der Waals surface area contributed by atoms with E-state index < -0.39 is 35.6 Å². The second-order valence-corrected chi connectivity index (χ2v) is 11.3. The zero-order valence-electron chi connectivity index (χ0n) is 25.9. The van der Waals surface area contributed by atoms with E-state index in [1.54, 1.807) is 88.5 Å². The third kappa shape index (κ3) is 9.53. The molecule has 3 N–H and O–H groups in total. The molecule has 44 heavy (non-hydrogen) atoms. The van der Waals surface area contributed by atoms with Gasteiger partial charge in [-0.3, -0.25) is 9.59 Å². The topological polar surface area (TPSA) is 117 Å². The third-order valence-electron chi connectivity index (χ3n) is 6.73. The zero-order valence-corrected chi connectivity index (χ0v) is 25.9. The summed E-state index contributed by atoms with van der Waals surface area (Å²) in [7, 11) is 1.55. The molecule has 232 valence electrons. The number of ether oxygens (including phenoxy) is 2. The summed E-state index contributed by atoms with van der Waals surface area (Å²) in [5.74, 6) is 2.39. The highest BCUT2D eigenvalue weighted by Crippen LogP contribution is 2.28. The van der Waals surface area contributed by atoms with Gasteiger partial charge in [0.2, 0.25) is 5.91 Å². The van der Waals surface area contributed by atoms with E-state index in [1.165, 1.54) is 17.0 Å². The summed E-state index contributed by atoms with van der Waals surface area (Å²) in [6.45, 7) is 7.39. The molecule has 9 nitrogen and oxygen atoms in total. The standard InChI is InChI=1S/C35H41N3O6/c1-7-9-22-38(33(41)30(37-34(42)44-35(3,4)5)23-24-14-18-27(39)19-15-24)31(29-13-11-10-12-25(29)8-2)32(40)36-26-16-20-28(43-6)21-17-26/h2,10-21,30-31,39H,7,9,22-23H2,1,3-6H3,(H,36,40)(H,37,42). The lowest BCUT2D eigenvalue weighted by Crippen LogP contribution is -2.53. The minimum Gasteiger partial charge on any atom is -0.508 e. The molecule has 3 rings (SSSR count). The van der Waals surface area contributed by atoms with Gasteiger partial charge in [0.05, 0.1) is 7.11 Å². The molecule has 2 atom stereocenters. The molecular weight excluding hydrogens is 558 g/mol. The van der Waals surface area contributed by atoms with Crippen molar-refractivity contribution < 1.29 is 29.0 Å². The van der Waals surface area contributed by atoms with Crippen LogP contribution in [0.25, 0.3) is 0 Å². The van der Waals surface area contributed by atoms with E-state index >= 15 is 0 Å². The van der Waals surface area contributed by atoms with Crippen molar-refractivity contribution in [2.75, 3.05) is 19.0 Å². The summed E-state index contributed by atoms with van der Waals surface area (Å²) in [5.41, 5.74) is 1.34. The third-order valence-corrected chi connectivity index (χ3v) is 6.73. The molecule has 0 saturated heterocycles. The summed E-state index contributed by atoms with van der Waals surface area (Å²) >= 11 is 0. The number of nitrogens with zero attached hydrogens (tertiary/aromatic N) is 1. The maximum absolute atomic E-state index is 14.5. The van der Waals surface area contributed by atoms with Gasteiger partial charge in [-0.1, -0.05) is 49.6 Å². The quantitative estimate of drug-likeness (QED) is 0.226. The number of anilines is 1. The van der Waals surface area contributed by atoms with Gasteiger partial charge in [-0.05, 0) is 80.8 Å². The highest BCUT2D eigenvalue weighted by Gasteiger charge is 2.37. The maximum Gasteiger partial charge on any atom is 0.408 e. The lowest BCUT2D eigenvalue weighted by atomic mass is 9.96. The maximum atomic E-state index is 14.5. The van der Waals surface area contributed by atoms with E-state index in [4.69, 9.17) is 15.9 Å². The van der Waals surface area contributed by atoms with Crippen molar-refractivity contribution in [2.24, 2.45) is 0 Å². The van der Waals surface area contributed by atoms with Crippen LogP contribution in [0.4, 0.5) is 10.5 Å². The number of carbonyl (C=O) groups is 3. The lowest BCUT2D eigenvalue weighted by molar-refractivity contribution is -0.140. The average Bonchev–Trinajstić information content (AvgIpc) is 2.99. The molecule has 0 aliphatic rings. The van der Waals surface area contributed by atoms with Gasteiger partial charge < -0.3 is 30.1 Å². The van der Waals surface area contributed by atoms with E-state index in [-0.39, 0.29) is 18.7 Å².